The second-order valence-electron chi connectivity index (χ2n) is 7.06. The van der Waals surface area contributed by atoms with E-state index in [-0.39, 0.29) is 4.91 Å². The monoisotopic (exact) mass is 630 g/mol. The van der Waals surface area contributed by atoms with Gasteiger partial charge in [-0.05, 0) is 98.9 Å². The highest BCUT2D eigenvalue weighted by Crippen LogP contribution is 2.39. The van der Waals surface area contributed by atoms with Crippen LogP contribution in [0, 0.1) is 0 Å². The number of hydrogen-bond acceptors (Lipinski definition) is 6. The van der Waals surface area contributed by atoms with Crippen molar-refractivity contribution in [3.8, 4) is 11.5 Å². The van der Waals surface area contributed by atoms with Crippen molar-refractivity contribution in [2.24, 2.45) is 0 Å². The molecule has 2 aromatic rings. The van der Waals surface area contributed by atoms with Crippen LogP contribution in [0.25, 0.3) is 6.08 Å². The van der Waals surface area contributed by atoms with Gasteiger partial charge in [-0.25, -0.2) is 0 Å². The topological polar surface area (TPSA) is 84.9 Å². The molecule has 1 aliphatic rings. The Kier molecular flexibility index (Phi) is 9.47. The van der Waals surface area contributed by atoms with E-state index in [4.69, 9.17) is 21.1 Å². The fourth-order valence-corrected chi connectivity index (χ4v) is 4.82. The minimum Gasteiger partial charge on any atom is -0.490 e. The van der Waals surface area contributed by atoms with Gasteiger partial charge in [0.1, 0.15) is 6.54 Å². The molecule has 2 aromatic carbocycles. The highest BCUT2D eigenvalue weighted by atomic mass is 79.9. The van der Waals surface area contributed by atoms with Gasteiger partial charge in [-0.15, -0.1) is 0 Å². The number of carbonyl (C=O) groups excluding carboxylic acids is 3. The summed E-state index contributed by atoms with van der Waals surface area (Å²) in [5, 5.41) is 2.54. The van der Waals surface area contributed by atoms with Gasteiger partial charge in [-0.1, -0.05) is 18.5 Å². The first-order chi connectivity index (χ1) is 16.2. The van der Waals surface area contributed by atoms with E-state index in [2.05, 4.69) is 37.2 Å². The molecule has 1 heterocycles. The molecule has 0 unspecified atom stereocenters. The maximum absolute atomic E-state index is 12.9. The van der Waals surface area contributed by atoms with E-state index in [9.17, 15) is 14.4 Å². The number of halogens is 3. The Labute approximate surface area is 223 Å². The zero-order valence-corrected chi connectivity index (χ0v) is 23.1. The van der Waals surface area contributed by atoms with Gasteiger partial charge in [0.25, 0.3) is 11.1 Å². The van der Waals surface area contributed by atoms with Crippen LogP contribution in [0.3, 0.4) is 0 Å². The SMILES string of the molecule is CCCOc1c(Br)cc(/C=C2\SC(=O)N(CC(=O)Nc3ccc(Br)c(Cl)c3)C2=O)cc1OCC. The van der Waals surface area contributed by atoms with E-state index >= 15 is 0 Å². The molecular weight excluding hydrogens is 612 g/mol. The van der Waals surface area contributed by atoms with E-state index in [0.29, 0.717) is 49.9 Å². The summed E-state index contributed by atoms with van der Waals surface area (Å²) >= 11 is 13.6. The van der Waals surface area contributed by atoms with Gasteiger partial charge in [0, 0.05) is 10.2 Å². The average Bonchev–Trinajstić information content (AvgIpc) is 3.03. The standard InChI is InChI=1S/C23H21Br2ClN2O5S/c1-3-7-33-21-16(25)8-13(9-18(21)32-4-2)10-19-22(30)28(23(31)34-19)12-20(29)27-14-5-6-15(24)17(26)11-14/h5-6,8-11H,3-4,7,12H2,1-2H3,(H,27,29)/b19-10-. The molecular formula is C23H21Br2ClN2O5S. The number of nitrogens with zero attached hydrogens (tertiary/aromatic N) is 1. The average molecular weight is 633 g/mol. The quantitative estimate of drug-likeness (QED) is 0.309. The number of nitrogens with one attached hydrogen (secondary N) is 1. The summed E-state index contributed by atoms with van der Waals surface area (Å²) in [5.41, 5.74) is 1.11. The fourth-order valence-electron chi connectivity index (χ4n) is 2.98. The van der Waals surface area contributed by atoms with Crippen LogP contribution in [0.1, 0.15) is 25.8 Å². The highest BCUT2D eigenvalue weighted by Gasteiger charge is 2.36. The molecule has 0 atom stereocenters. The zero-order chi connectivity index (χ0) is 24.8. The molecule has 180 valence electrons. The third-order valence-electron chi connectivity index (χ3n) is 4.46. The van der Waals surface area contributed by atoms with E-state index in [1.807, 2.05) is 13.8 Å². The van der Waals surface area contributed by atoms with E-state index < -0.39 is 23.6 Å². The predicted molar refractivity (Wildman–Crippen MR) is 142 cm³/mol. The summed E-state index contributed by atoms with van der Waals surface area (Å²) in [4.78, 5) is 38.8. The lowest BCUT2D eigenvalue weighted by Gasteiger charge is -2.14. The molecule has 34 heavy (non-hydrogen) atoms. The lowest BCUT2D eigenvalue weighted by molar-refractivity contribution is -0.127. The van der Waals surface area contributed by atoms with Gasteiger partial charge in [0.2, 0.25) is 5.91 Å². The number of benzene rings is 2. The maximum atomic E-state index is 12.9. The first kappa shape index (κ1) is 26.6. The number of carbonyl (C=O) groups is 3. The van der Waals surface area contributed by atoms with Crippen LogP contribution in [0.5, 0.6) is 11.5 Å². The molecule has 11 heteroatoms. The molecule has 1 N–H and O–H groups in total. The van der Waals surface area contributed by atoms with Gasteiger partial charge in [0.15, 0.2) is 11.5 Å². The van der Waals surface area contributed by atoms with Crippen molar-refractivity contribution in [3.63, 3.8) is 0 Å². The molecule has 1 fully saturated rings. The van der Waals surface area contributed by atoms with Gasteiger partial charge >= 0.3 is 0 Å². The van der Waals surface area contributed by atoms with Crippen LogP contribution < -0.4 is 14.8 Å². The Morgan fingerprint density at radius 3 is 2.59 bits per heavy atom. The molecule has 3 amide bonds. The largest absolute Gasteiger partial charge is 0.490 e. The minimum atomic E-state index is -0.542. The summed E-state index contributed by atoms with van der Waals surface area (Å²) in [5.74, 6) is 0.0575. The first-order valence-corrected chi connectivity index (χ1v) is 13.1. The Morgan fingerprint density at radius 2 is 1.91 bits per heavy atom. The molecule has 0 radical (unpaired) electrons. The number of hydrogen-bond donors (Lipinski definition) is 1. The molecule has 0 spiro atoms. The molecule has 0 bridgehead atoms. The summed E-state index contributed by atoms with van der Waals surface area (Å²) < 4.78 is 12.8. The van der Waals surface area contributed by atoms with E-state index in [1.165, 1.54) is 0 Å². The van der Waals surface area contributed by atoms with Gasteiger partial charge < -0.3 is 14.8 Å². The van der Waals surface area contributed by atoms with Crippen molar-refractivity contribution in [2.75, 3.05) is 25.1 Å². The van der Waals surface area contributed by atoms with Crippen molar-refractivity contribution >= 4 is 84.0 Å². The summed E-state index contributed by atoms with van der Waals surface area (Å²) in [7, 11) is 0. The summed E-state index contributed by atoms with van der Waals surface area (Å²) in [6.45, 7) is 4.43. The Morgan fingerprint density at radius 1 is 1.15 bits per heavy atom. The van der Waals surface area contributed by atoms with Crippen molar-refractivity contribution in [1.82, 2.24) is 4.90 Å². The second-order valence-corrected chi connectivity index (χ2v) is 10.2. The zero-order valence-electron chi connectivity index (χ0n) is 18.3. The number of ether oxygens (including phenoxy) is 2. The molecule has 0 saturated carbocycles. The van der Waals surface area contributed by atoms with Crippen LogP contribution >= 0.6 is 55.2 Å². The van der Waals surface area contributed by atoms with Gasteiger partial charge in [0.05, 0.1) is 27.6 Å². The van der Waals surface area contributed by atoms with E-state index in [1.54, 1.807) is 36.4 Å². The van der Waals surface area contributed by atoms with Crippen LogP contribution in [-0.4, -0.2) is 41.7 Å². The first-order valence-electron chi connectivity index (χ1n) is 10.3. The molecule has 0 aliphatic carbocycles. The highest BCUT2D eigenvalue weighted by molar-refractivity contribution is 9.10. The Bertz CT molecular complexity index is 1160. The van der Waals surface area contributed by atoms with Crippen LogP contribution in [0.2, 0.25) is 5.02 Å². The number of amides is 3. The smallest absolute Gasteiger partial charge is 0.294 e. The molecule has 1 aliphatic heterocycles. The van der Waals surface area contributed by atoms with Crippen molar-refractivity contribution in [1.29, 1.82) is 0 Å². The third kappa shape index (κ3) is 6.56. The molecule has 7 nitrogen and oxygen atoms in total. The predicted octanol–water partition coefficient (Wildman–Crippen LogP) is 6.73. The molecule has 1 saturated heterocycles. The van der Waals surface area contributed by atoms with Crippen LogP contribution in [0.4, 0.5) is 10.5 Å². The van der Waals surface area contributed by atoms with Crippen LogP contribution in [0.15, 0.2) is 44.2 Å². The number of anilines is 1. The molecule has 3 rings (SSSR count). The van der Waals surface area contributed by atoms with Crippen molar-refractivity contribution < 1.29 is 23.9 Å². The lowest BCUT2D eigenvalue weighted by atomic mass is 10.2. The number of rotatable bonds is 9. The van der Waals surface area contributed by atoms with Crippen LogP contribution in [-0.2, 0) is 9.59 Å². The maximum Gasteiger partial charge on any atom is 0.294 e. The van der Waals surface area contributed by atoms with Gasteiger partial charge in [-0.3, -0.25) is 19.3 Å². The van der Waals surface area contributed by atoms with Gasteiger partial charge in [-0.2, -0.15) is 0 Å². The number of thioether (sulfide) groups is 1. The third-order valence-corrected chi connectivity index (χ3v) is 7.19. The second kappa shape index (κ2) is 12.1. The molecule has 0 aromatic heterocycles. The number of imide groups is 1. The fraction of sp³-hybridized carbons (Fsp3) is 0.261. The van der Waals surface area contributed by atoms with Crippen molar-refractivity contribution in [2.45, 2.75) is 20.3 Å². The van der Waals surface area contributed by atoms with E-state index in [0.717, 1.165) is 23.1 Å². The lowest BCUT2D eigenvalue weighted by Crippen LogP contribution is -2.36. The Hall–Kier alpha value is -2.01. The van der Waals surface area contributed by atoms with Crippen molar-refractivity contribution in [3.05, 3.63) is 54.8 Å². The summed E-state index contributed by atoms with van der Waals surface area (Å²) in [6, 6.07) is 8.44. The normalized spacial score (nSPS) is 14.6. The summed E-state index contributed by atoms with van der Waals surface area (Å²) in [6.07, 6.45) is 2.43. The minimum absolute atomic E-state index is 0.209. The Balaban J connectivity index is 1.76.